The highest BCUT2D eigenvalue weighted by molar-refractivity contribution is 4.88. The lowest BCUT2D eigenvalue weighted by molar-refractivity contribution is 0.504. The summed E-state index contributed by atoms with van der Waals surface area (Å²) >= 11 is 0. The molecule has 2 fully saturated rings. The lowest BCUT2D eigenvalue weighted by Gasteiger charge is -2.08. The van der Waals surface area contributed by atoms with E-state index in [1.165, 1.54) is 25.8 Å². The first-order valence-corrected chi connectivity index (χ1v) is 3.18. The highest BCUT2D eigenvalue weighted by Gasteiger charge is 2.30. The van der Waals surface area contributed by atoms with Crippen molar-refractivity contribution >= 4 is 0 Å². The fraction of sp³-hybridized carbons (Fsp3) is 1.00. The second-order valence-corrected chi connectivity index (χ2v) is 2.78. The summed E-state index contributed by atoms with van der Waals surface area (Å²) in [5.41, 5.74) is 0. The van der Waals surface area contributed by atoms with Crippen LogP contribution in [0.15, 0.2) is 0 Å². The van der Waals surface area contributed by atoms with Crippen molar-refractivity contribution in [2.45, 2.75) is 25.3 Å². The summed E-state index contributed by atoms with van der Waals surface area (Å²) in [6, 6.07) is 0.921. The topological polar surface area (TPSA) is 12.0 Å². The number of hydrogen-bond acceptors (Lipinski definition) is 1. The number of piperidine rings is 1. The zero-order valence-electron chi connectivity index (χ0n) is 4.48. The van der Waals surface area contributed by atoms with Crippen LogP contribution >= 0.6 is 0 Å². The van der Waals surface area contributed by atoms with E-state index >= 15 is 0 Å². The molecule has 0 amide bonds. The van der Waals surface area contributed by atoms with Gasteiger partial charge in [0.1, 0.15) is 0 Å². The Morgan fingerprint density at radius 3 is 2.43 bits per heavy atom. The fourth-order valence-corrected chi connectivity index (χ4v) is 1.78. The summed E-state index contributed by atoms with van der Waals surface area (Å²) in [6.07, 6.45) is 4.42. The van der Waals surface area contributed by atoms with Gasteiger partial charge < -0.3 is 5.32 Å². The number of rotatable bonds is 0. The third-order valence-corrected chi connectivity index (χ3v) is 2.24. The van der Waals surface area contributed by atoms with Crippen LogP contribution in [0.4, 0.5) is 0 Å². The van der Waals surface area contributed by atoms with Crippen LogP contribution < -0.4 is 5.32 Å². The minimum atomic E-state index is 0.921. The Labute approximate surface area is 44.1 Å². The molecule has 0 radical (unpaired) electrons. The molecule has 1 heterocycles. The molecule has 1 saturated carbocycles. The minimum Gasteiger partial charge on any atom is -0.314 e. The molecule has 1 heteroatoms. The van der Waals surface area contributed by atoms with Crippen LogP contribution in [0.2, 0.25) is 0 Å². The molecule has 1 nitrogen and oxygen atoms in total. The zero-order chi connectivity index (χ0) is 4.69. The molecule has 0 aromatic heterocycles. The normalized spacial score (nSPS) is 48.0. The van der Waals surface area contributed by atoms with Crippen LogP contribution in [-0.2, 0) is 0 Å². The van der Waals surface area contributed by atoms with Gasteiger partial charge >= 0.3 is 0 Å². The standard InChI is InChI=1S/C6H11N/c1-2-6-3-5(1)4-7-6/h5-7H,1-4H2/t5-,6?/m0/s1. The molecular weight excluding hydrogens is 86.1 g/mol. The predicted molar refractivity (Wildman–Crippen MR) is 29.1 cm³/mol. The van der Waals surface area contributed by atoms with Gasteiger partial charge in [-0.3, -0.25) is 0 Å². The van der Waals surface area contributed by atoms with Gasteiger partial charge in [0, 0.05) is 6.04 Å². The van der Waals surface area contributed by atoms with Gasteiger partial charge in [0.25, 0.3) is 0 Å². The van der Waals surface area contributed by atoms with E-state index < -0.39 is 0 Å². The molecule has 1 aliphatic heterocycles. The van der Waals surface area contributed by atoms with Gasteiger partial charge in [0.15, 0.2) is 0 Å². The number of hydrogen-bond donors (Lipinski definition) is 1. The van der Waals surface area contributed by atoms with Gasteiger partial charge in [-0.15, -0.1) is 0 Å². The van der Waals surface area contributed by atoms with Crippen LogP contribution in [0.1, 0.15) is 19.3 Å². The summed E-state index contributed by atoms with van der Waals surface area (Å²) in [5.74, 6) is 1.06. The van der Waals surface area contributed by atoms with Crippen LogP contribution in [-0.4, -0.2) is 12.6 Å². The Balaban J connectivity index is 2.12. The zero-order valence-corrected chi connectivity index (χ0v) is 4.48. The smallest absolute Gasteiger partial charge is 0.00704 e. The van der Waals surface area contributed by atoms with E-state index in [2.05, 4.69) is 5.32 Å². The second-order valence-electron chi connectivity index (χ2n) is 2.78. The van der Waals surface area contributed by atoms with E-state index in [1.54, 1.807) is 0 Å². The monoisotopic (exact) mass is 97.1 g/mol. The molecule has 0 aromatic rings. The third-order valence-electron chi connectivity index (χ3n) is 2.24. The molecule has 1 saturated heterocycles. The molecule has 0 aromatic carbocycles. The SMILES string of the molecule is C1C[C@@H]2CNC1C2. The molecule has 1 unspecified atom stereocenters. The van der Waals surface area contributed by atoms with Crippen LogP contribution in [0, 0.1) is 5.92 Å². The molecule has 1 N–H and O–H groups in total. The van der Waals surface area contributed by atoms with Crippen LogP contribution in [0.5, 0.6) is 0 Å². The molecule has 2 atom stereocenters. The third kappa shape index (κ3) is 0.480. The van der Waals surface area contributed by atoms with Gasteiger partial charge in [0.2, 0.25) is 0 Å². The summed E-state index contributed by atoms with van der Waals surface area (Å²) in [4.78, 5) is 0. The minimum absolute atomic E-state index is 0.921. The summed E-state index contributed by atoms with van der Waals surface area (Å²) in [6.45, 7) is 1.31. The first-order valence-electron chi connectivity index (χ1n) is 3.18. The van der Waals surface area contributed by atoms with Crippen LogP contribution in [0.25, 0.3) is 0 Å². The van der Waals surface area contributed by atoms with E-state index in [9.17, 15) is 0 Å². The highest BCUT2D eigenvalue weighted by atomic mass is 15.0. The second kappa shape index (κ2) is 1.22. The molecule has 0 spiro atoms. The Kier molecular flexibility index (Phi) is 0.680. The first-order chi connectivity index (χ1) is 3.45. The summed E-state index contributed by atoms with van der Waals surface area (Å²) < 4.78 is 0. The maximum absolute atomic E-state index is 3.46. The van der Waals surface area contributed by atoms with Crippen molar-refractivity contribution < 1.29 is 0 Å². The first kappa shape index (κ1) is 3.90. The van der Waals surface area contributed by atoms with Crippen molar-refractivity contribution in [1.82, 2.24) is 5.32 Å². The molecule has 1 aliphatic carbocycles. The summed E-state index contributed by atoms with van der Waals surface area (Å²) in [5, 5.41) is 3.46. The van der Waals surface area contributed by atoms with Crippen molar-refractivity contribution in [2.24, 2.45) is 5.92 Å². The Bertz CT molecular complexity index is 62.2. The molecule has 2 rings (SSSR count). The molecule has 40 valence electrons. The molecular formula is C6H11N. The van der Waals surface area contributed by atoms with E-state index in [-0.39, 0.29) is 0 Å². The van der Waals surface area contributed by atoms with E-state index in [4.69, 9.17) is 0 Å². The van der Waals surface area contributed by atoms with Crippen LogP contribution in [0.3, 0.4) is 0 Å². The Morgan fingerprint density at radius 2 is 2.29 bits per heavy atom. The largest absolute Gasteiger partial charge is 0.314 e. The van der Waals surface area contributed by atoms with Crippen molar-refractivity contribution in [2.75, 3.05) is 6.54 Å². The van der Waals surface area contributed by atoms with Gasteiger partial charge in [-0.25, -0.2) is 0 Å². The number of fused-ring (bicyclic) bond motifs is 2. The highest BCUT2D eigenvalue weighted by Crippen LogP contribution is 2.29. The Hall–Kier alpha value is -0.0400. The van der Waals surface area contributed by atoms with Gasteiger partial charge in [-0.1, -0.05) is 0 Å². The van der Waals surface area contributed by atoms with Crippen molar-refractivity contribution in [1.29, 1.82) is 0 Å². The molecule has 2 aliphatic rings. The van der Waals surface area contributed by atoms with E-state index in [0.717, 1.165) is 12.0 Å². The maximum Gasteiger partial charge on any atom is 0.00704 e. The predicted octanol–water partition coefficient (Wildman–Crippen LogP) is 0.758. The average Bonchev–Trinajstić information content (AvgIpc) is 2.22. The van der Waals surface area contributed by atoms with Gasteiger partial charge in [-0.2, -0.15) is 0 Å². The van der Waals surface area contributed by atoms with E-state index in [1.807, 2.05) is 0 Å². The van der Waals surface area contributed by atoms with Crippen molar-refractivity contribution in [3.8, 4) is 0 Å². The average molecular weight is 97.2 g/mol. The maximum atomic E-state index is 3.46. The molecule has 7 heavy (non-hydrogen) atoms. The fourth-order valence-electron chi connectivity index (χ4n) is 1.78. The summed E-state index contributed by atoms with van der Waals surface area (Å²) in [7, 11) is 0. The van der Waals surface area contributed by atoms with Crippen molar-refractivity contribution in [3.63, 3.8) is 0 Å². The van der Waals surface area contributed by atoms with Gasteiger partial charge in [0.05, 0.1) is 0 Å². The van der Waals surface area contributed by atoms with E-state index in [0.29, 0.717) is 0 Å². The van der Waals surface area contributed by atoms with Crippen molar-refractivity contribution in [3.05, 3.63) is 0 Å². The Morgan fingerprint density at radius 1 is 1.29 bits per heavy atom. The molecule has 2 bridgehead atoms. The lowest BCUT2D eigenvalue weighted by Crippen LogP contribution is -2.23. The quantitative estimate of drug-likeness (QED) is 0.470. The number of nitrogens with one attached hydrogen (secondary N) is 1. The lowest BCUT2D eigenvalue weighted by atomic mass is 10.1. The van der Waals surface area contributed by atoms with Gasteiger partial charge in [-0.05, 0) is 31.7 Å².